The van der Waals surface area contributed by atoms with Crippen molar-refractivity contribution in [3.05, 3.63) is 48.2 Å². The van der Waals surface area contributed by atoms with E-state index in [1.807, 2.05) is 0 Å². The molecule has 29 heavy (non-hydrogen) atoms. The van der Waals surface area contributed by atoms with Crippen LogP contribution in [0.5, 0.6) is 5.75 Å². The fourth-order valence-electron chi connectivity index (χ4n) is 2.82. The lowest BCUT2D eigenvalue weighted by atomic mass is 9.95. The summed E-state index contributed by atoms with van der Waals surface area (Å²) in [7, 11) is 1.12. The molecule has 2 aromatic carbocycles. The SMILES string of the molecule is COc1ccc2c(c1)c(C(F)(F)C(F)(F)C(F)(F)C(F)(F)F)nc1ccccc12. The van der Waals surface area contributed by atoms with E-state index in [1.165, 1.54) is 30.3 Å². The van der Waals surface area contributed by atoms with Crippen molar-refractivity contribution in [2.24, 2.45) is 0 Å². The summed E-state index contributed by atoms with van der Waals surface area (Å²) < 4.78 is 126. The van der Waals surface area contributed by atoms with Gasteiger partial charge in [0.05, 0.1) is 12.6 Å². The molecule has 0 aliphatic rings. The third-order valence-electron chi connectivity index (χ3n) is 4.35. The zero-order chi connectivity index (χ0) is 21.8. The Balaban J connectivity index is 2.40. The summed E-state index contributed by atoms with van der Waals surface area (Å²) in [5, 5.41) is -0.640. The van der Waals surface area contributed by atoms with E-state index >= 15 is 0 Å². The number of fused-ring (bicyclic) bond motifs is 3. The maximum absolute atomic E-state index is 14.6. The molecule has 0 aliphatic heterocycles. The normalized spacial score (nSPS) is 13.9. The molecule has 2 nitrogen and oxygen atoms in total. The molecule has 0 saturated heterocycles. The van der Waals surface area contributed by atoms with Gasteiger partial charge < -0.3 is 4.74 Å². The van der Waals surface area contributed by atoms with Crippen LogP contribution in [0.2, 0.25) is 0 Å². The number of pyridine rings is 1. The largest absolute Gasteiger partial charge is 0.497 e. The standard InChI is InChI=1S/C18H10F9NO/c1-29-9-6-7-10-11-4-2-3-5-13(11)28-14(12(10)8-9)15(19,20)16(21,22)17(23,24)18(25,26)27/h2-8H,1H3. The Hall–Kier alpha value is -2.72. The number of rotatable bonds is 4. The lowest BCUT2D eigenvalue weighted by Gasteiger charge is -2.33. The van der Waals surface area contributed by atoms with Crippen LogP contribution in [0, 0.1) is 0 Å². The summed E-state index contributed by atoms with van der Waals surface area (Å²) in [6.45, 7) is 0. The van der Waals surface area contributed by atoms with Gasteiger partial charge in [-0.15, -0.1) is 0 Å². The van der Waals surface area contributed by atoms with Crippen LogP contribution in [-0.2, 0) is 5.92 Å². The molecule has 0 bridgehead atoms. The molecule has 0 spiro atoms. The third-order valence-corrected chi connectivity index (χ3v) is 4.35. The van der Waals surface area contributed by atoms with Crippen molar-refractivity contribution in [2.45, 2.75) is 23.9 Å². The molecular formula is C18H10F9NO. The molecule has 0 unspecified atom stereocenters. The minimum atomic E-state index is -7.01. The van der Waals surface area contributed by atoms with Crippen molar-refractivity contribution < 1.29 is 44.3 Å². The molecular weight excluding hydrogens is 417 g/mol. The van der Waals surface area contributed by atoms with Crippen LogP contribution >= 0.6 is 0 Å². The summed E-state index contributed by atoms with van der Waals surface area (Å²) in [5.41, 5.74) is -2.20. The summed E-state index contributed by atoms with van der Waals surface area (Å²) in [4.78, 5) is 3.33. The average molecular weight is 427 g/mol. The first-order chi connectivity index (χ1) is 13.3. The number of para-hydroxylation sites is 1. The number of aromatic nitrogens is 1. The quantitative estimate of drug-likeness (QED) is 0.359. The van der Waals surface area contributed by atoms with E-state index in [9.17, 15) is 39.5 Å². The maximum Gasteiger partial charge on any atom is 0.460 e. The van der Waals surface area contributed by atoms with Gasteiger partial charge in [-0.25, -0.2) is 4.98 Å². The number of hydrogen-bond donors (Lipinski definition) is 0. The Morgan fingerprint density at radius 2 is 1.34 bits per heavy atom. The lowest BCUT2D eigenvalue weighted by molar-refractivity contribution is -0.399. The molecule has 3 rings (SSSR count). The molecule has 1 aromatic heterocycles. The van der Waals surface area contributed by atoms with E-state index in [4.69, 9.17) is 4.74 Å². The van der Waals surface area contributed by atoms with Gasteiger partial charge in [-0.1, -0.05) is 18.2 Å². The van der Waals surface area contributed by atoms with E-state index < -0.39 is 35.0 Å². The van der Waals surface area contributed by atoms with Gasteiger partial charge in [0.15, 0.2) is 0 Å². The third kappa shape index (κ3) is 2.94. The molecule has 3 aromatic rings. The maximum atomic E-state index is 14.6. The first kappa shape index (κ1) is 21.0. The molecule has 11 heteroatoms. The van der Waals surface area contributed by atoms with E-state index in [-0.39, 0.29) is 22.0 Å². The van der Waals surface area contributed by atoms with Crippen molar-refractivity contribution >= 4 is 21.7 Å². The van der Waals surface area contributed by atoms with Crippen molar-refractivity contribution in [3.8, 4) is 5.75 Å². The average Bonchev–Trinajstić information content (AvgIpc) is 2.65. The van der Waals surface area contributed by atoms with Gasteiger partial charge in [0.2, 0.25) is 0 Å². The molecule has 0 amide bonds. The molecule has 0 atom stereocenters. The van der Waals surface area contributed by atoms with Crippen LogP contribution in [0.3, 0.4) is 0 Å². The number of nitrogens with zero attached hydrogens (tertiary/aromatic N) is 1. The molecule has 1 heterocycles. The lowest BCUT2D eigenvalue weighted by Crippen LogP contribution is -2.59. The second-order valence-electron chi connectivity index (χ2n) is 6.11. The van der Waals surface area contributed by atoms with Gasteiger partial charge >= 0.3 is 23.9 Å². The Morgan fingerprint density at radius 1 is 0.724 bits per heavy atom. The van der Waals surface area contributed by atoms with Crippen LogP contribution in [0.4, 0.5) is 39.5 Å². The highest BCUT2D eigenvalue weighted by Crippen LogP contribution is 2.57. The zero-order valence-electron chi connectivity index (χ0n) is 14.3. The Labute approximate surface area is 156 Å². The Morgan fingerprint density at radius 3 is 1.93 bits per heavy atom. The second-order valence-corrected chi connectivity index (χ2v) is 6.11. The summed E-state index contributed by atoms with van der Waals surface area (Å²) in [5.74, 6) is -19.9. The van der Waals surface area contributed by atoms with Gasteiger partial charge in [0.25, 0.3) is 0 Å². The smallest absolute Gasteiger partial charge is 0.460 e. The fraction of sp³-hybridized carbons (Fsp3) is 0.278. The van der Waals surface area contributed by atoms with E-state index in [0.717, 1.165) is 19.2 Å². The first-order valence-electron chi connectivity index (χ1n) is 7.83. The number of alkyl halides is 9. The van der Waals surface area contributed by atoms with Crippen LogP contribution in [-0.4, -0.2) is 30.1 Å². The van der Waals surface area contributed by atoms with Crippen molar-refractivity contribution in [1.82, 2.24) is 4.98 Å². The molecule has 0 saturated carbocycles. The summed E-state index contributed by atoms with van der Waals surface area (Å²) >= 11 is 0. The minimum absolute atomic E-state index is 0.0998. The van der Waals surface area contributed by atoms with Crippen LogP contribution < -0.4 is 4.74 Å². The monoisotopic (exact) mass is 427 g/mol. The number of hydrogen-bond acceptors (Lipinski definition) is 2. The van der Waals surface area contributed by atoms with Crippen LogP contribution in [0.25, 0.3) is 21.7 Å². The zero-order valence-corrected chi connectivity index (χ0v) is 14.3. The predicted molar refractivity (Wildman–Crippen MR) is 85.6 cm³/mol. The molecule has 0 fully saturated rings. The van der Waals surface area contributed by atoms with Crippen molar-refractivity contribution in [2.75, 3.05) is 7.11 Å². The van der Waals surface area contributed by atoms with Gasteiger partial charge in [-0.3, -0.25) is 0 Å². The number of methoxy groups -OCH3 is 1. The number of ether oxygens (including phenoxy) is 1. The molecule has 0 N–H and O–H groups in total. The Bertz CT molecular complexity index is 1080. The molecule has 156 valence electrons. The van der Waals surface area contributed by atoms with Gasteiger partial charge in [0.1, 0.15) is 11.4 Å². The summed E-state index contributed by atoms with van der Waals surface area (Å²) in [6.07, 6.45) is -6.91. The highest BCUT2D eigenvalue weighted by atomic mass is 19.4. The fourth-order valence-corrected chi connectivity index (χ4v) is 2.82. The summed E-state index contributed by atoms with van der Waals surface area (Å²) in [6, 6.07) is 8.64. The van der Waals surface area contributed by atoms with Gasteiger partial charge in [-0.05, 0) is 29.7 Å². The van der Waals surface area contributed by atoms with Crippen molar-refractivity contribution in [1.29, 1.82) is 0 Å². The number of halogens is 9. The van der Waals surface area contributed by atoms with Gasteiger partial charge in [0, 0.05) is 10.8 Å². The van der Waals surface area contributed by atoms with Crippen LogP contribution in [0.15, 0.2) is 42.5 Å². The van der Waals surface area contributed by atoms with Gasteiger partial charge in [-0.2, -0.15) is 39.5 Å². The van der Waals surface area contributed by atoms with E-state index in [0.29, 0.717) is 0 Å². The van der Waals surface area contributed by atoms with Crippen LogP contribution in [0.1, 0.15) is 5.69 Å². The molecule has 0 aliphatic carbocycles. The predicted octanol–water partition coefficient (Wildman–Crippen LogP) is 6.32. The first-order valence-corrected chi connectivity index (χ1v) is 7.83. The highest BCUT2D eigenvalue weighted by molar-refractivity contribution is 6.07. The number of benzene rings is 2. The minimum Gasteiger partial charge on any atom is -0.497 e. The van der Waals surface area contributed by atoms with E-state index in [2.05, 4.69) is 4.98 Å². The molecule has 0 radical (unpaired) electrons. The van der Waals surface area contributed by atoms with E-state index in [1.54, 1.807) is 0 Å². The second kappa shape index (κ2) is 6.39. The Kier molecular flexibility index (Phi) is 4.63. The highest BCUT2D eigenvalue weighted by Gasteiger charge is 2.82. The topological polar surface area (TPSA) is 22.1 Å². The van der Waals surface area contributed by atoms with Crippen molar-refractivity contribution in [3.63, 3.8) is 0 Å².